The van der Waals surface area contributed by atoms with Gasteiger partial charge in [0.05, 0.1) is 12.2 Å². The van der Waals surface area contributed by atoms with E-state index in [0.29, 0.717) is 24.7 Å². The van der Waals surface area contributed by atoms with E-state index < -0.39 is 0 Å². The molecule has 0 spiro atoms. The number of carbonyl (C=O) groups is 1. The van der Waals surface area contributed by atoms with Gasteiger partial charge in [-0.3, -0.25) is 4.79 Å². The van der Waals surface area contributed by atoms with Gasteiger partial charge in [0, 0.05) is 19.0 Å². The topological polar surface area (TPSA) is 76.1 Å². The Kier molecular flexibility index (Phi) is 3.91. The Morgan fingerprint density at radius 2 is 2.14 bits per heavy atom. The summed E-state index contributed by atoms with van der Waals surface area (Å²) < 4.78 is 5.83. The van der Waals surface area contributed by atoms with E-state index in [1.54, 1.807) is 7.05 Å². The molecular formula is C16H18N4O2. The molecule has 1 amide bonds. The number of carbonyl (C=O) groups excluding carboxylic acids is 1. The zero-order valence-corrected chi connectivity index (χ0v) is 12.6. The van der Waals surface area contributed by atoms with Crippen LogP contribution in [0.15, 0.2) is 24.3 Å². The lowest BCUT2D eigenvalue weighted by atomic mass is 10.0. The molecule has 2 heterocycles. The number of ether oxygens (including phenoxy) is 1. The minimum Gasteiger partial charge on any atom is -0.487 e. The second kappa shape index (κ2) is 6.01. The number of amides is 1. The number of para-hydroxylation sites is 1. The average molecular weight is 298 g/mol. The number of nitrogens with zero attached hydrogens (tertiary/aromatic N) is 2. The maximum atomic E-state index is 11.5. The van der Waals surface area contributed by atoms with Crippen LogP contribution in [0.5, 0.6) is 5.75 Å². The molecule has 0 atom stereocenters. The van der Waals surface area contributed by atoms with Crippen LogP contribution in [-0.2, 0) is 17.8 Å². The minimum absolute atomic E-state index is 0.0877. The Morgan fingerprint density at radius 3 is 2.95 bits per heavy atom. The molecule has 0 fully saturated rings. The number of anilines is 1. The number of hydrogen-bond donors (Lipinski definition) is 2. The summed E-state index contributed by atoms with van der Waals surface area (Å²) in [6.07, 6.45) is 0.682. The number of likely N-dealkylation sites (N-methyl/N-ethyl adjacent to an activating group) is 1. The number of nitrogens with one attached hydrogen (secondary N) is 2. The zero-order chi connectivity index (χ0) is 15.5. The van der Waals surface area contributed by atoms with Crippen LogP contribution >= 0.6 is 0 Å². The van der Waals surface area contributed by atoms with E-state index in [0.717, 1.165) is 22.6 Å². The second-order valence-corrected chi connectivity index (χ2v) is 5.14. The van der Waals surface area contributed by atoms with Crippen LogP contribution in [0.3, 0.4) is 0 Å². The van der Waals surface area contributed by atoms with Crippen LogP contribution in [0.25, 0.3) is 0 Å². The highest BCUT2D eigenvalue weighted by Gasteiger charge is 2.20. The number of rotatable bonds is 3. The van der Waals surface area contributed by atoms with Gasteiger partial charge in [-0.2, -0.15) is 0 Å². The molecule has 2 aromatic rings. The highest BCUT2D eigenvalue weighted by molar-refractivity contribution is 5.80. The normalized spacial score (nSPS) is 12.5. The Hall–Kier alpha value is -2.63. The summed E-state index contributed by atoms with van der Waals surface area (Å²) in [6, 6.07) is 7.93. The highest BCUT2D eigenvalue weighted by Crippen LogP contribution is 2.30. The van der Waals surface area contributed by atoms with Crippen molar-refractivity contribution in [2.24, 2.45) is 0 Å². The lowest BCUT2D eigenvalue weighted by Gasteiger charge is -2.13. The van der Waals surface area contributed by atoms with Crippen molar-refractivity contribution in [3.63, 3.8) is 0 Å². The quantitative estimate of drug-likeness (QED) is 0.896. The van der Waals surface area contributed by atoms with E-state index in [2.05, 4.69) is 20.6 Å². The maximum Gasteiger partial charge on any atom is 0.239 e. The molecule has 2 N–H and O–H groups in total. The lowest BCUT2D eigenvalue weighted by Crippen LogP contribution is -2.27. The van der Waals surface area contributed by atoms with E-state index in [-0.39, 0.29) is 12.5 Å². The van der Waals surface area contributed by atoms with Crippen LogP contribution in [0.4, 0.5) is 5.82 Å². The van der Waals surface area contributed by atoms with Gasteiger partial charge in [0.25, 0.3) is 0 Å². The van der Waals surface area contributed by atoms with Crippen LogP contribution in [0.1, 0.15) is 22.6 Å². The predicted octanol–water partition coefficient (Wildman–Crippen LogP) is 1.43. The molecule has 6 nitrogen and oxygen atoms in total. The van der Waals surface area contributed by atoms with Crippen molar-refractivity contribution in [2.45, 2.75) is 20.0 Å². The number of hydrogen-bond acceptors (Lipinski definition) is 5. The largest absolute Gasteiger partial charge is 0.487 e. The molecule has 1 aliphatic heterocycles. The summed E-state index contributed by atoms with van der Waals surface area (Å²) in [5, 5.41) is 5.69. The molecule has 0 aliphatic carbocycles. The van der Waals surface area contributed by atoms with Crippen molar-refractivity contribution < 1.29 is 9.53 Å². The fourth-order valence-electron chi connectivity index (χ4n) is 2.48. The van der Waals surface area contributed by atoms with E-state index in [4.69, 9.17) is 4.74 Å². The van der Waals surface area contributed by atoms with Crippen LogP contribution in [0.2, 0.25) is 0 Å². The van der Waals surface area contributed by atoms with Gasteiger partial charge in [-0.25, -0.2) is 9.97 Å². The van der Waals surface area contributed by atoms with Crippen LogP contribution in [-0.4, -0.2) is 29.5 Å². The molecule has 22 heavy (non-hydrogen) atoms. The van der Waals surface area contributed by atoms with Gasteiger partial charge >= 0.3 is 0 Å². The number of aromatic nitrogens is 2. The summed E-state index contributed by atoms with van der Waals surface area (Å²) in [4.78, 5) is 20.4. The first-order valence-electron chi connectivity index (χ1n) is 7.19. The van der Waals surface area contributed by atoms with E-state index in [1.807, 2.05) is 31.2 Å². The third kappa shape index (κ3) is 2.86. The smallest absolute Gasteiger partial charge is 0.239 e. The molecule has 6 heteroatoms. The highest BCUT2D eigenvalue weighted by atomic mass is 16.5. The van der Waals surface area contributed by atoms with Gasteiger partial charge in [-0.05, 0) is 18.6 Å². The van der Waals surface area contributed by atoms with Gasteiger partial charge in [0.2, 0.25) is 5.91 Å². The van der Waals surface area contributed by atoms with Gasteiger partial charge in [-0.15, -0.1) is 0 Å². The zero-order valence-electron chi connectivity index (χ0n) is 12.6. The number of benzene rings is 1. The minimum atomic E-state index is -0.0877. The third-order valence-corrected chi connectivity index (χ3v) is 3.60. The Bertz CT molecular complexity index is 715. The van der Waals surface area contributed by atoms with Gasteiger partial charge in [0.15, 0.2) is 0 Å². The second-order valence-electron chi connectivity index (χ2n) is 5.14. The van der Waals surface area contributed by atoms with Crippen molar-refractivity contribution in [3.05, 3.63) is 46.9 Å². The van der Waals surface area contributed by atoms with Crippen molar-refractivity contribution in [3.8, 4) is 5.75 Å². The number of fused-ring (bicyclic) bond motifs is 2. The Morgan fingerprint density at radius 1 is 1.32 bits per heavy atom. The molecule has 0 bridgehead atoms. The summed E-state index contributed by atoms with van der Waals surface area (Å²) in [5.74, 6) is 2.14. The van der Waals surface area contributed by atoms with Gasteiger partial charge in [0.1, 0.15) is 24.0 Å². The molecule has 1 aromatic heterocycles. The predicted molar refractivity (Wildman–Crippen MR) is 82.9 cm³/mol. The van der Waals surface area contributed by atoms with Gasteiger partial charge in [-0.1, -0.05) is 18.2 Å². The van der Waals surface area contributed by atoms with E-state index in [1.165, 1.54) is 0 Å². The Balaban J connectivity index is 1.96. The molecule has 1 aromatic carbocycles. The average Bonchev–Trinajstić information content (AvgIpc) is 2.71. The van der Waals surface area contributed by atoms with Gasteiger partial charge < -0.3 is 15.4 Å². The fourth-order valence-corrected chi connectivity index (χ4v) is 2.48. The third-order valence-electron chi connectivity index (χ3n) is 3.60. The van der Waals surface area contributed by atoms with Crippen LogP contribution in [0, 0.1) is 6.92 Å². The lowest BCUT2D eigenvalue weighted by molar-refractivity contribution is -0.118. The maximum absolute atomic E-state index is 11.5. The SMILES string of the molecule is CNC(=O)CNc1nc(C)nc2c1Cc1ccccc1OC2. The first kappa shape index (κ1) is 14.3. The molecule has 0 radical (unpaired) electrons. The molecular weight excluding hydrogens is 280 g/mol. The summed E-state index contributed by atoms with van der Waals surface area (Å²) >= 11 is 0. The van der Waals surface area contributed by atoms with Crippen molar-refractivity contribution in [2.75, 3.05) is 18.9 Å². The number of aryl methyl sites for hydroxylation is 1. The molecule has 114 valence electrons. The molecule has 0 saturated carbocycles. The van der Waals surface area contributed by atoms with Crippen molar-refractivity contribution in [1.82, 2.24) is 15.3 Å². The fraction of sp³-hybridized carbons (Fsp3) is 0.312. The molecule has 0 unspecified atom stereocenters. The monoisotopic (exact) mass is 298 g/mol. The first-order valence-corrected chi connectivity index (χ1v) is 7.19. The van der Waals surface area contributed by atoms with Crippen molar-refractivity contribution in [1.29, 1.82) is 0 Å². The van der Waals surface area contributed by atoms with E-state index >= 15 is 0 Å². The molecule has 0 saturated heterocycles. The van der Waals surface area contributed by atoms with Crippen molar-refractivity contribution >= 4 is 11.7 Å². The van der Waals surface area contributed by atoms with Crippen LogP contribution < -0.4 is 15.4 Å². The first-order chi connectivity index (χ1) is 10.7. The summed E-state index contributed by atoms with van der Waals surface area (Å²) in [6.45, 7) is 2.43. The molecule has 1 aliphatic rings. The summed E-state index contributed by atoms with van der Waals surface area (Å²) in [7, 11) is 1.61. The van der Waals surface area contributed by atoms with E-state index in [9.17, 15) is 4.79 Å². The Labute approximate surface area is 128 Å². The standard InChI is InChI=1S/C16H18N4O2/c1-10-19-13-9-22-14-6-4-3-5-11(14)7-12(13)16(20-10)18-8-15(21)17-2/h3-6H,7-9H2,1-2H3,(H,17,21)(H,18,19,20). The molecule has 3 rings (SSSR count). The summed E-state index contributed by atoms with van der Waals surface area (Å²) in [5.41, 5.74) is 2.94.